The van der Waals surface area contributed by atoms with Crippen molar-refractivity contribution >= 4 is 22.4 Å². The minimum absolute atomic E-state index is 0.00358. The van der Waals surface area contributed by atoms with Crippen LogP contribution in [0.25, 0.3) is 0 Å². The average molecular weight is 353 g/mol. The third kappa shape index (κ3) is 2.45. The molecule has 4 atom stereocenters. The van der Waals surface area contributed by atoms with Gasteiger partial charge in [-0.25, -0.2) is 14.0 Å². The second kappa shape index (κ2) is 5.26. The Labute approximate surface area is 131 Å². The van der Waals surface area contributed by atoms with Gasteiger partial charge < -0.3 is 15.3 Å². The molecule has 0 aromatic heterocycles. The van der Waals surface area contributed by atoms with E-state index in [9.17, 15) is 27.5 Å². The molecule has 0 spiro atoms. The normalized spacial score (nSPS) is 37.5. The van der Waals surface area contributed by atoms with Crippen molar-refractivity contribution in [3.63, 3.8) is 0 Å². The Bertz CT molecular complexity index is 644. The highest BCUT2D eigenvalue weighted by molar-refractivity contribution is 7.80. The van der Waals surface area contributed by atoms with Crippen molar-refractivity contribution in [3.8, 4) is 0 Å². The average Bonchev–Trinajstić information content (AvgIpc) is 2.97. The maximum atomic E-state index is 14.2. The quantitative estimate of drug-likeness (QED) is 0.548. The summed E-state index contributed by atoms with van der Waals surface area (Å²) in [7, 11) is -4.92. The molecule has 3 saturated heterocycles. The molecule has 3 heterocycles. The van der Waals surface area contributed by atoms with E-state index in [1.54, 1.807) is 0 Å². The number of fused-ring (bicyclic) bond motifs is 2. The number of carbonyl (C=O) groups excluding carboxylic acids is 1. The molecule has 3 fully saturated rings. The highest BCUT2D eigenvalue weighted by Crippen LogP contribution is 2.44. The van der Waals surface area contributed by atoms with E-state index in [4.69, 9.17) is 4.55 Å². The van der Waals surface area contributed by atoms with Gasteiger partial charge in [0.05, 0.1) is 6.04 Å². The van der Waals surface area contributed by atoms with Crippen molar-refractivity contribution in [3.05, 3.63) is 0 Å². The lowest BCUT2D eigenvalue weighted by atomic mass is 9.74. The minimum Gasteiger partial charge on any atom is -0.479 e. The van der Waals surface area contributed by atoms with Crippen LogP contribution in [0.1, 0.15) is 12.8 Å². The van der Waals surface area contributed by atoms with Crippen molar-refractivity contribution in [2.24, 2.45) is 5.92 Å². The van der Waals surface area contributed by atoms with Gasteiger partial charge in [-0.3, -0.25) is 4.55 Å². The number of piperidine rings is 1. The monoisotopic (exact) mass is 353 g/mol. The fourth-order valence-electron chi connectivity index (χ4n) is 3.78. The number of rotatable bonds is 4. The summed E-state index contributed by atoms with van der Waals surface area (Å²) < 4.78 is 48.9. The molecule has 0 aromatic rings. The van der Waals surface area contributed by atoms with E-state index in [0.717, 1.165) is 4.90 Å². The van der Waals surface area contributed by atoms with Crippen LogP contribution in [0.15, 0.2) is 0 Å². The molecule has 3 rings (SSSR count). The van der Waals surface area contributed by atoms with E-state index in [0.29, 0.717) is 5.06 Å². The van der Waals surface area contributed by atoms with Crippen molar-refractivity contribution in [2.75, 3.05) is 19.6 Å². The van der Waals surface area contributed by atoms with Gasteiger partial charge in [-0.1, -0.05) is 0 Å². The number of urea groups is 1. The summed E-state index contributed by atoms with van der Waals surface area (Å²) in [5, 5.41) is 12.9. The zero-order valence-corrected chi connectivity index (χ0v) is 12.7. The molecule has 2 unspecified atom stereocenters. The lowest BCUT2D eigenvalue weighted by Crippen LogP contribution is -2.64. The number of hydrogen-bond acceptors (Lipinski definition) is 6. The smallest absolute Gasteiger partial charge is 0.418 e. The van der Waals surface area contributed by atoms with Crippen LogP contribution in [0.3, 0.4) is 0 Å². The van der Waals surface area contributed by atoms with Crippen LogP contribution >= 0.6 is 0 Å². The van der Waals surface area contributed by atoms with Crippen LogP contribution < -0.4 is 5.32 Å². The number of aliphatic carboxylic acids is 1. The Kier molecular flexibility index (Phi) is 3.74. The molecule has 2 bridgehead atoms. The van der Waals surface area contributed by atoms with E-state index >= 15 is 0 Å². The van der Waals surface area contributed by atoms with Gasteiger partial charge in [-0.2, -0.15) is 13.5 Å². The van der Waals surface area contributed by atoms with Crippen LogP contribution in [0, 0.1) is 5.92 Å². The highest BCUT2D eigenvalue weighted by atomic mass is 32.3. The molecular formula is C11H16FN3O7S. The topological polar surface area (TPSA) is 136 Å². The predicted octanol–water partition coefficient (Wildman–Crippen LogP) is -0.998. The van der Waals surface area contributed by atoms with Crippen molar-refractivity contribution < 1.29 is 36.3 Å². The Morgan fingerprint density at radius 3 is 2.65 bits per heavy atom. The third-order valence-corrected chi connectivity index (χ3v) is 5.13. The van der Waals surface area contributed by atoms with Crippen molar-refractivity contribution in [1.82, 2.24) is 15.3 Å². The molecule has 0 saturated carbocycles. The number of nitrogens with zero attached hydrogens (tertiary/aromatic N) is 2. The number of carboxylic acids is 1. The van der Waals surface area contributed by atoms with E-state index in [-0.39, 0.29) is 32.5 Å². The highest BCUT2D eigenvalue weighted by Gasteiger charge is 2.63. The summed E-state index contributed by atoms with van der Waals surface area (Å²) in [6, 6.07) is -1.73. The molecule has 2 amide bonds. The van der Waals surface area contributed by atoms with Gasteiger partial charge in [0.2, 0.25) is 0 Å². The minimum atomic E-state index is -4.92. The second-order valence-corrected chi connectivity index (χ2v) is 6.93. The molecule has 12 heteroatoms. The molecule has 0 aromatic carbocycles. The van der Waals surface area contributed by atoms with Crippen molar-refractivity contribution in [1.29, 1.82) is 0 Å². The number of carbonyl (C=O) groups is 2. The largest absolute Gasteiger partial charge is 0.479 e. The lowest BCUT2D eigenvalue weighted by molar-refractivity contribution is -0.156. The van der Waals surface area contributed by atoms with Gasteiger partial charge in [0.1, 0.15) is 11.7 Å². The summed E-state index contributed by atoms with van der Waals surface area (Å²) in [6.07, 6.45) is -1.35. The number of amides is 2. The van der Waals surface area contributed by atoms with Gasteiger partial charge in [-0.15, -0.1) is 4.28 Å². The Balaban J connectivity index is 1.96. The maximum Gasteiger partial charge on any atom is 0.418 e. The molecule has 23 heavy (non-hydrogen) atoms. The molecule has 3 N–H and O–H groups in total. The summed E-state index contributed by atoms with van der Waals surface area (Å²) in [6.45, 7) is -0.0126. The zero-order chi connectivity index (χ0) is 17.0. The number of alkyl halides is 1. The SMILES string of the molecule is O=C1N(OS(=O)(=O)O)[C@@H]2CC[C@@](C(=O)O)(C3CNCC3F)N1C2. The van der Waals surface area contributed by atoms with Crippen molar-refractivity contribution in [2.45, 2.75) is 30.6 Å². The van der Waals surface area contributed by atoms with Gasteiger partial charge in [0.25, 0.3) is 0 Å². The number of halogens is 1. The zero-order valence-electron chi connectivity index (χ0n) is 11.9. The molecule has 3 aliphatic rings. The van der Waals surface area contributed by atoms with Gasteiger partial charge in [-0.05, 0) is 12.8 Å². The first-order valence-corrected chi connectivity index (χ1v) is 8.39. The van der Waals surface area contributed by atoms with Crippen LogP contribution in [0.4, 0.5) is 9.18 Å². The van der Waals surface area contributed by atoms with Crippen LogP contribution in [-0.2, 0) is 19.5 Å². The Morgan fingerprint density at radius 1 is 1.43 bits per heavy atom. The number of carboxylic acid groups (broad SMARTS) is 1. The van der Waals surface area contributed by atoms with Gasteiger partial charge >= 0.3 is 22.4 Å². The second-order valence-electron chi connectivity index (χ2n) is 5.92. The molecule has 3 aliphatic heterocycles. The van der Waals surface area contributed by atoms with E-state index in [2.05, 4.69) is 9.60 Å². The molecular weight excluding hydrogens is 337 g/mol. The number of nitrogens with one attached hydrogen (secondary N) is 1. The first-order chi connectivity index (χ1) is 10.7. The number of hydrogen-bond donors (Lipinski definition) is 3. The summed E-state index contributed by atoms with van der Waals surface area (Å²) >= 11 is 0. The standard InChI is InChI=1S/C11H16FN3O7S/c12-8-4-13-3-7(8)11(9(16)17)2-1-6-5-14(11)10(18)15(6)22-23(19,20)21/h6-8,13H,1-5H2,(H,16,17)(H,19,20,21)/t6-,7?,8?,11+/m1/s1. The molecule has 130 valence electrons. The molecule has 0 aliphatic carbocycles. The fraction of sp³-hybridized carbons (Fsp3) is 0.818. The van der Waals surface area contributed by atoms with Crippen LogP contribution in [0.2, 0.25) is 0 Å². The Morgan fingerprint density at radius 2 is 2.13 bits per heavy atom. The van der Waals surface area contributed by atoms with Crippen LogP contribution in [-0.4, -0.2) is 77.4 Å². The Hall–Kier alpha value is -1.50. The number of hydroxylamine groups is 2. The third-order valence-electron chi connectivity index (χ3n) is 4.78. The van der Waals surface area contributed by atoms with E-state index < -0.39 is 46.1 Å². The predicted molar refractivity (Wildman–Crippen MR) is 71.2 cm³/mol. The fourth-order valence-corrected chi connectivity index (χ4v) is 4.17. The lowest BCUT2D eigenvalue weighted by Gasteiger charge is -2.44. The summed E-state index contributed by atoms with van der Waals surface area (Å²) in [4.78, 5) is 25.3. The molecule has 0 radical (unpaired) electrons. The first kappa shape index (κ1) is 16.4. The van der Waals surface area contributed by atoms with Crippen LogP contribution in [0.5, 0.6) is 0 Å². The van der Waals surface area contributed by atoms with Gasteiger partial charge in [0.15, 0.2) is 0 Å². The van der Waals surface area contributed by atoms with E-state index in [1.165, 1.54) is 0 Å². The van der Waals surface area contributed by atoms with E-state index in [1.807, 2.05) is 0 Å². The summed E-state index contributed by atoms with van der Waals surface area (Å²) in [5.41, 5.74) is -1.77. The first-order valence-electron chi connectivity index (χ1n) is 7.03. The van der Waals surface area contributed by atoms with Gasteiger partial charge in [0, 0.05) is 25.6 Å². The molecule has 10 nitrogen and oxygen atoms in total. The summed E-state index contributed by atoms with van der Waals surface area (Å²) in [5.74, 6) is -2.29. The maximum absolute atomic E-state index is 14.2.